The number of aromatic nitrogens is 4. The lowest BCUT2D eigenvalue weighted by molar-refractivity contribution is -0.137. The number of carbonyl (C=O) groups excluding carboxylic acids is 3. The Kier molecular flexibility index (Phi) is 24.9. The van der Waals surface area contributed by atoms with Crippen LogP contribution in [0.5, 0.6) is 0 Å². The Labute approximate surface area is 393 Å². The molecule has 7 atom stereocenters. The molecule has 2 aromatic rings. The molecule has 28 heteroatoms. The predicted octanol–water partition coefficient (Wildman–Crippen LogP) is 4.48. The van der Waals surface area contributed by atoms with Crippen molar-refractivity contribution in [1.82, 2.24) is 30.2 Å². The molecular weight excluding hydrogens is 963 g/mol. The molecule has 67 heavy (non-hydrogen) atoms. The van der Waals surface area contributed by atoms with Crippen LogP contribution in [-0.2, 0) is 50.7 Å². The van der Waals surface area contributed by atoms with Crippen LogP contribution >= 0.6 is 35.2 Å². The third kappa shape index (κ3) is 21.7. The highest BCUT2D eigenvalue weighted by atomic mass is 32.2. The fourth-order valence-electron chi connectivity index (χ4n) is 6.47. The summed E-state index contributed by atoms with van der Waals surface area (Å²) in [6, 6.07) is 0. The summed E-state index contributed by atoms with van der Waals surface area (Å²) in [4.78, 5) is 88.3. The van der Waals surface area contributed by atoms with Crippen LogP contribution in [0.25, 0.3) is 11.2 Å². The number of allylic oxidation sites excluding steroid dienone is 4. The number of fused-ring (bicyclic) bond motifs is 1. The molecule has 0 radical (unpaired) electrons. The minimum absolute atomic E-state index is 0.0323. The zero-order chi connectivity index (χ0) is 49.7. The molecule has 24 nitrogen and oxygen atoms in total. The van der Waals surface area contributed by atoms with Crippen LogP contribution in [0.3, 0.4) is 0 Å². The molecule has 1 aliphatic rings. The van der Waals surface area contributed by atoms with Gasteiger partial charge in [-0.2, -0.15) is 4.31 Å². The second kappa shape index (κ2) is 28.6. The number of carbonyl (C=O) groups is 3. The molecule has 7 unspecified atom stereocenters. The monoisotopic (exact) mass is 1030 g/mol. The van der Waals surface area contributed by atoms with Gasteiger partial charge in [0.2, 0.25) is 11.8 Å². The molecule has 2 amide bonds. The number of aliphatic hydroxyl groups is 2. The number of anilines is 1. The van der Waals surface area contributed by atoms with Gasteiger partial charge in [0.15, 0.2) is 22.8 Å². The molecule has 380 valence electrons. The molecule has 0 bridgehead atoms. The maximum atomic E-state index is 12.7. The zero-order valence-electron chi connectivity index (χ0n) is 37.9. The smallest absolute Gasteiger partial charge is 0.386 e. The van der Waals surface area contributed by atoms with Crippen LogP contribution < -0.4 is 16.4 Å². The second-order valence-corrected chi connectivity index (χ2v) is 21.7. The molecule has 3 rings (SSSR count). The molecule has 0 aromatic carbocycles. The second-order valence-electron chi connectivity index (χ2n) is 16.3. The van der Waals surface area contributed by atoms with Gasteiger partial charge >= 0.3 is 23.5 Å². The summed E-state index contributed by atoms with van der Waals surface area (Å²) in [5.74, 6) is -1.04. The molecule has 0 aliphatic carbocycles. The first-order valence-corrected chi connectivity index (χ1v) is 27.4. The first-order valence-electron chi connectivity index (χ1n) is 21.9. The number of nitrogens with two attached hydrogens (primary N) is 1. The highest BCUT2D eigenvalue weighted by molar-refractivity contribution is 8.13. The third-order valence-corrected chi connectivity index (χ3v) is 14.2. The number of nitrogens with zero attached hydrogens (tertiary/aromatic N) is 4. The van der Waals surface area contributed by atoms with Gasteiger partial charge < -0.3 is 50.9 Å². The standard InChI is InChI=1S/C39H66N7O17P3S/c1-4-5-6-7-8-9-10-11-12-13-14-15-16-17-18-19-30(48)67-23-22-41-29(47)20-21-42-37(51)34(50)39(2,3)25-60-66(57,58)63-65(55,56)59-24-28-33(62-64(52,53)54)32(49)38(61-28)46-27-45-31-35(40)43-26-44-36(31)46/h8-11,26-28,32-34,38,49-50H,4-7,12-25H2,1-3H3,(H,41,47)(H,42,51)(H,55,56)(H,57,58)(H2,40,43,44)(H2,52,53,54)/b9-8-,11-10+. The summed E-state index contributed by atoms with van der Waals surface area (Å²) < 4.78 is 62.4. The summed E-state index contributed by atoms with van der Waals surface area (Å²) in [5, 5.41) is 26.6. The van der Waals surface area contributed by atoms with E-state index >= 15 is 0 Å². The van der Waals surface area contributed by atoms with Crippen LogP contribution in [0, 0.1) is 5.41 Å². The van der Waals surface area contributed by atoms with Crippen LogP contribution in [0.2, 0.25) is 0 Å². The fraction of sp³-hybridized carbons (Fsp3) is 0.692. The highest BCUT2D eigenvalue weighted by Crippen LogP contribution is 2.61. The van der Waals surface area contributed by atoms with Gasteiger partial charge in [-0.05, 0) is 32.1 Å². The highest BCUT2D eigenvalue weighted by Gasteiger charge is 2.50. The van der Waals surface area contributed by atoms with Crippen molar-refractivity contribution >= 4 is 69.1 Å². The van der Waals surface area contributed by atoms with E-state index in [1.165, 1.54) is 33.1 Å². The first kappa shape index (κ1) is 58.4. The number of hydrogen-bond acceptors (Lipinski definition) is 18. The molecule has 1 fully saturated rings. The van der Waals surface area contributed by atoms with Crippen LogP contribution in [0.1, 0.15) is 110 Å². The number of nitrogen functional groups attached to an aromatic ring is 1. The van der Waals surface area contributed by atoms with Crippen molar-refractivity contribution in [3.63, 3.8) is 0 Å². The van der Waals surface area contributed by atoms with Crippen molar-refractivity contribution in [1.29, 1.82) is 0 Å². The summed E-state index contributed by atoms with van der Waals surface area (Å²) in [6.07, 6.45) is 14.6. The normalized spacial score (nSPS) is 20.3. The Balaban J connectivity index is 1.31. The number of nitrogens with one attached hydrogen (secondary N) is 2. The van der Waals surface area contributed by atoms with E-state index in [9.17, 15) is 57.9 Å². The van der Waals surface area contributed by atoms with E-state index < -0.39 is 84.6 Å². The van der Waals surface area contributed by atoms with Gasteiger partial charge in [-0.1, -0.05) is 95.4 Å². The average molecular weight is 1030 g/mol. The van der Waals surface area contributed by atoms with Gasteiger partial charge in [0.1, 0.15) is 36.3 Å². The summed E-state index contributed by atoms with van der Waals surface area (Å²) >= 11 is 1.14. The minimum Gasteiger partial charge on any atom is -0.386 e. The van der Waals surface area contributed by atoms with Crippen molar-refractivity contribution < 1.29 is 80.5 Å². The summed E-state index contributed by atoms with van der Waals surface area (Å²) in [7, 11) is -16.4. The third-order valence-electron chi connectivity index (χ3n) is 10.1. The van der Waals surface area contributed by atoms with Crippen molar-refractivity contribution in [2.24, 2.45) is 5.41 Å². The maximum absolute atomic E-state index is 12.7. The van der Waals surface area contributed by atoms with E-state index in [0.717, 1.165) is 80.4 Å². The summed E-state index contributed by atoms with van der Waals surface area (Å²) in [5.41, 5.74) is 4.28. The van der Waals surface area contributed by atoms with Crippen molar-refractivity contribution in [3.8, 4) is 0 Å². The van der Waals surface area contributed by atoms with E-state index in [4.69, 9.17) is 19.5 Å². The molecule has 1 aliphatic heterocycles. The number of phosphoric acid groups is 3. The van der Waals surface area contributed by atoms with E-state index in [2.05, 4.69) is 65.6 Å². The van der Waals surface area contributed by atoms with E-state index in [1.54, 1.807) is 0 Å². The SMILES string of the molecule is CCCCC/C=C\C=C\CCCCCCCCC(=O)SCCNC(=O)CCNC(=O)C(O)C(C)(C)COP(=O)(O)OP(=O)(O)OCC1OC(n2cnc3c(N)ncnc32)C(O)C1OP(=O)(O)O. The molecule has 2 aromatic heterocycles. The Morgan fingerprint density at radius 2 is 1.55 bits per heavy atom. The number of ether oxygens (including phenoxy) is 1. The van der Waals surface area contributed by atoms with Crippen molar-refractivity contribution in [2.45, 2.75) is 135 Å². The Morgan fingerprint density at radius 3 is 2.22 bits per heavy atom. The molecule has 0 spiro atoms. The van der Waals surface area contributed by atoms with E-state index in [-0.39, 0.29) is 41.6 Å². The van der Waals surface area contributed by atoms with E-state index in [0.29, 0.717) is 12.2 Å². The average Bonchev–Trinajstić information content (AvgIpc) is 3.81. The van der Waals surface area contributed by atoms with Crippen molar-refractivity contribution in [3.05, 3.63) is 37.0 Å². The van der Waals surface area contributed by atoms with Gasteiger partial charge in [-0.25, -0.2) is 28.6 Å². The number of rotatable bonds is 33. The Hall–Kier alpha value is -2.96. The molecule has 0 saturated carbocycles. The van der Waals surface area contributed by atoms with Crippen LogP contribution in [0.4, 0.5) is 5.82 Å². The quantitative estimate of drug-likeness (QED) is 0.0270. The van der Waals surface area contributed by atoms with Gasteiger partial charge in [-0.15, -0.1) is 0 Å². The number of phosphoric ester groups is 3. The lowest BCUT2D eigenvalue weighted by atomic mass is 9.87. The maximum Gasteiger partial charge on any atom is 0.481 e. The van der Waals surface area contributed by atoms with Gasteiger partial charge in [-0.3, -0.25) is 32.5 Å². The number of imidazole rings is 1. The lowest BCUT2D eigenvalue weighted by Gasteiger charge is -2.30. The number of aliphatic hydroxyl groups excluding tert-OH is 2. The number of hydrogen-bond donors (Lipinski definition) is 9. The zero-order valence-corrected chi connectivity index (χ0v) is 41.4. The Morgan fingerprint density at radius 1 is 0.910 bits per heavy atom. The first-order chi connectivity index (χ1) is 31.6. The number of unbranched alkanes of at least 4 members (excludes halogenated alkanes) is 9. The molecule has 10 N–H and O–H groups in total. The molecule has 1 saturated heterocycles. The number of amides is 2. The molecule has 3 heterocycles. The van der Waals surface area contributed by atoms with Gasteiger partial charge in [0, 0.05) is 37.1 Å². The molecular formula is C39H66N7O17P3S. The van der Waals surface area contributed by atoms with Crippen molar-refractivity contribution in [2.75, 3.05) is 37.8 Å². The van der Waals surface area contributed by atoms with Crippen LogP contribution in [-0.4, -0.2) is 123 Å². The van der Waals surface area contributed by atoms with Gasteiger partial charge in [0.25, 0.3) is 0 Å². The number of thioether (sulfide) groups is 1. The lowest BCUT2D eigenvalue weighted by Crippen LogP contribution is -2.46. The fourth-order valence-corrected chi connectivity index (χ4v) is 10.0. The predicted molar refractivity (Wildman–Crippen MR) is 246 cm³/mol. The van der Waals surface area contributed by atoms with Crippen LogP contribution in [0.15, 0.2) is 37.0 Å². The Bertz CT molecular complexity index is 2090. The van der Waals surface area contributed by atoms with Gasteiger partial charge in [0.05, 0.1) is 19.5 Å². The largest absolute Gasteiger partial charge is 0.481 e. The minimum atomic E-state index is -5.58. The van der Waals surface area contributed by atoms with E-state index in [1.807, 2.05) is 0 Å². The summed E-state index contributed by atoms with van der Waals surface area (Å²) in [6.45, 7) is 2.76. The topological polar surface area (TPSA) is 364 Å².